The van der Waals surface area contributed by atoms with Crippen LogP contribution in [0.15, 0.2) is 48.5 Å². The van der Waals surface area contributed by atoms with Gasteiger partial charge in [0.2, 0.25) is 0 Å². The summed E-state index contributed by atoms with van der Waals surface area (Å²) in [6.45, 7) is 3.83. The predicted molar refractivity (Wildman–Crippen MR) is 105 cm³/mol. The molecule has 1 amide bonds. The Morgan fingerprint density at radius 3 is 2.25 bits per heavy atom. The van der Waals surface area contributed by atoms with Crippen molar-refractivity contribution in [2.24, 2.45) is 0 Å². The summed E-state index contributed by atoms with van der Waals surface area (Å²) in [6, 6.07) is 12.6. The number of ketones is 1. The highest BCUT2D eigenvalue weighted by atomic mass is 19.1. The van der Waals surface area contributed by atoms with E-state index in [-0.39, 0.29) is 18.6 Å². The number of hydrogen-bond donors (Lipinski definition) is 1. The first-order valence-electron chi connectivity index (χ1n) is 9.23. The van der Waals surface area contributed by atoms with E-state index in [1.165, 1.54) is 29.8 Å². The lowest BCUT2D eigenvalue weighted by atomic mass is 9.99. The highest BCUT2D eigenvalue weighted by Crippen LogP contribution is 2.20. The molecular formula is C22H24FNO4. The number of anilines is 1. The molecule has 2 aromatic carbocycles. The standard InChI is InChI=1S/C22H24FNO4/c1-3-15(2)16-6-10-19(11-7-16)24-21(26)14-28-22(27)13-12-20(25)17-4-8-18(23)9-5-17/h4-11,15H,3,12-14H2,1-2H3,(H,24,26)/t15-/m0/s1. The lowest BCUT2D eigenvalue weighted by Crippen LogP contribution is -2.21. The van der Waals surface area contributed by atoms with Gasteiger partial charge in [-0.05, 0) is 54.3 Å². The lowest BCUT2D eigenvalue weighted by Gasteiger charge is -2.10. The van der Waals surface area contributed by atoms with Crippen molar-refractivity contribution in [1.29, 1.82) is 0 Å². The fourth-order valence-corrected chi connectivity index (χ4v) is 2.54. The number of Topliss-reactive ketones (excluding diaryl/α,β-unsaturated/α-hetero) is 1. The quantitative estimate of drug-likeness (QED) is 0.510. The molecule has 5 nitrogen and oxygen atoms in total. The van der Waals surface area contributed by atoms with Crippen molar-refractivity contribution in [2.75, 3.05) is 11.9 Å². The van der Waals surface area contributed by atoms with Crippen molar-refractivity contribution in [1.82, 2.24) is 0 Å². The monoisotopic (exact) mass is 385 g/mol. The van der Waals surface area contributed by atoms with Crippen LogP contribution >= 0.6 is 0 Å². The van der Waals surface area contributed by atoms with Crippen molar-refractivity contribution in [3.8, 4) is 0 Å². The molecule has 0 aliphatic rings. The number of nitrogens with one attached hydrogen (secondary N) is 1. The maximum absolute atomic E-state index is 12.8. The van der Waals surface area contributed by atoms with Gasteiger partial charge in [0, 0.05) is 17.7 Å². The van der Waals surface area contributed by atoms with Gasteiger partial charge in [0.25, 0.3) is 5.91 Å². The third-order valence-electron chi connectivity index (χ3n) is 4.46. The molecule has 0 aliphatic carbocycles. The summed E-state index contributed by atoms with van der Waals surface area (Å²) >= 11 is 0. The molecule has 0 heterocycles. The number of benzene rings is 2. The van der Waals surface area contributed by atoms with Gasteiger partial charge in [-0.15, -0.1) is 0 Å². The second-order valence-electron chi connectivity index (χ2n) is 6.57. The van der Waals surface area contributed by atoms with E-state index in [2.05, 4.69) is 19.2 Å². The van der Waals surface area contributed by atoms with Crippen LogP contribution < -0.4 is 5.32 Å². The number of carbonyl (C=O) groups excluding carboxylic acids is 3. The number of ether oxygens (including phenoxy) is 1. The molecule has 148 valence electrons. The zero-order valence-corrected chi connectivity index (χ0v) is 16.0. The van der Waals surface area contributed by atoms with E-state index < -0.39 is 24.3 Å². The van der Waals surface area contributed by atoms with Gasteiger partial charge >= 0.3 is 5.97 Å². The van der Waals surface area contributed by atoms with Crippen LogP contribution in [0.4, 0.5) is 10.1 Å². The Kier molecular flexibility index (Phi) is 7.87. The third-order valence-corrected chi connectivity index (χ3v) is 4.46. The molecule has 0 saturated carbocycles. The van der Waals surface area contributed by atoms with Crippen LogP contribution in [-0.2, 0) is 14.3 Å². The number of carbonyl (C=O) groups is 3. The van der Waals surface area contributed by atoms with Crippen LogP contribution in [0.3, 0.4) is 0 Å². The van der Waals surface area contributed by atoms with E-state index in [0.717, 1.165) is 6.42 Å². The minimum atomic E-state index is -0.641. The zero-order valence-electron chi connectivity index (χ0n) is 16.0. The van der Waals surface area contributed by atoms with Crippen LogP contribution in [0.1, 0.15) is 54.9 Å². The molecule has 2 rings (SSSR count). The van der Waals surface area contributed by atoms with Crippen molar-refractivity contribution in [3.63, 3.8) is 0 Å². The van der Waals surface area contributed by atoms with Gasteiger partial charge in [-0.3, -0.25) is 14.4 Å². The number of hydrogen-bond acceptors (Lipinski definition) is 4. The Bertz CT molecular complexity index is 815. The number of rotatable bonds is 9. The molecule has 0 radical (unpaired) electrons. The molecule has 1 atom stereocenters. The first-order valence-corrected chi connectivity index (χ1v) is 9.23. The molecule has 0 spiro atoms. The van der Waals surface area contributed by atoms with Crippen LogP contribution in [0.5, 0.6) is 0 Å². The average molecular weight is 385 g/mol. The second-order valence-corrected chi connectivity index (χ2v) is 6.57. The Morgan fingerprint density at radius 2 is 1.64 bits per heavy atom. The number of amides is 1. The van der Waals surface area contributed by atoms with Crippen LogP contribution in [0.2, 0.25) is 0 Å². The number of halogens is 1. The fourth-order valence-electron chi connectivity index (χ4n) is 2.54. The minimum absolute atomic E-state index is 0.0663. The van der Waals surface area contributed by atoms with Crippen molar-refractivity contribution < 1.29 is 23.5 Å². The smallest absolute Gasteiger partial charge is 0.306 e. The van der Waals surface area contributed by atoms with E-state index in [1.807, 2.05) is 24.3 Å². The maximum Gasteiger partial charge on any atom is 0.306 e. The SMILES string of the molecule is CC[C@H](C)c1ccc(NC(=O)COC(=O)CCC(=O)c2ccc(F)cc2)cc1. The van der Waals surface area contributed by atoms with Crippen LogP contribution in [-0.4, -0.2) is 24.3 Å². The summed E-state index contributed by atoms with van der Waals surface area (Å²) in [6.07, 6.45) is 0.821. The highest BCUT2D eigenvalue weighted by molar-refractivity contribution is 5.98. The topological polar surface area (TPSA) is 72.5 Å². The minimum Gasteiger partial charge on any atom is -0.456 e. The molecule has 2 aromatic rings. The third kappa shape index (κ3) is 6.61. The molecule has 0 unspecified atom stereocenters. The first-order chi connectivity index (χ1) is 13.4. The summed E-state index contributed by atoms with van der Waals surface area (Å²) in [7, 11) is 0. The lowest BCUT2D eigenvalue weighted by molar-refractivity contribution is -0.147. The molecule has 0 aliphatic heterocycles. The van der Waals surface area contributed by atoms with Crippen LogP contribution in [0.25, 0.3) is 0 Å². The van der Waals surface area contributed by atoms with Gasteiger partial charge in [0.15, 0.2) is 12.4 Å². The van der Waals surface area contributed by atoms with E-state index in [1.54, 1.807) is 0 Å². The Hall–Kier alpha value is -3.02. The van der Waals surface area contributed by atoms with Gasteiger partial charge < -0.3 is 10.1 Å². The summed E-state index contributed by atoms with van der Waals surface area (Å²) < 4.78 is 17.7. The normalized spacial score (nSPS) is 11.5. The summed E-state index contributed by atoms with van der Waals surface area (Å²) in [5.41, 5.74) is 2.14. The van der Waals surface area contributed by atoms with Gasteiger partial charge in [0.05, 0.1) is 6.42 Å². The van der Waals surface area contributed by atoms with Crippen molar-refractivity contribution >= 4 is 23.3 Å². The largest absolute Gasteiger partial charge is 0.456 e. The van der Waals surface area contributed by atoms with Gasteiger partial charge in [-0.2, -0.15) is 0 Å². The maximum atomic E-state index is 12.8. The van der Waals surface area contributed by atoms with E-state index in [0.29, 0.717) is 17.2 Å². The number of esters is 1. The highest BCUT2D eigenvalue weighted by Gasteiger charge is 2.12. The van der Waals surface area contributed by atoms with Crippen molar-refractivity contribution in [3.05, 3.63) is 65.5 Å². The predicted octanol–water partition coefficient (Wildman–Crippen LogP) is 4.48. The zero-order chi connectivity index (χ0) is 20.5. The fraction of sp³-hybridized carbons (Fsp3) is 0.318. The molecule has 1 N–H and O–H groups in total. The Morgan fingerprint density at radius 1 is 1.00 bits per heavy atom. The van der Waals surface area contributed by atoms with E-state index >= 15 is 0 Å². The first kappa shape index (κ1) is 21.3. The summed E-state index contributed by atoms with van der Waals surface area (Å²) in [5.74, 6) is -1.37. The van der Waals surface area contributed by atoms with E-state index in [9.17, 15) is 18.8 Å². The second kappa shape index (κ2) is 10.3. The Labute approximate surface area is 163 Å². The van der Waals surface area contributed by atoms with Gasteiger partial charge in [-0.1, -0.05) is 26.0 Å². The summed E-state index contributed by atoms with van der Waals surface area (Å²) in [5, 5.41) is 2.66. The van der Waals surface area contributed by atoms with E-state index in [4.69, 9.17) is 4.74 Å². The molecular weight excluding hydrogens is 361 g/mol. The molecule has 28 heavy (non-hydrogen) atoms. The molecule has 0 fully saturated rings. The summed E-state index contributed by atoms with van der Waals surface area (Å²) in [4.78, 5) is 35.5. The van der Waals surface area contributed by atoms with Gasteiger partial charge in [0.1, 0.15) is 5.82 Å². The molecule has 0 aromatic heterocycles. The average Bonchev–Trinajstić information content (AvgIpc) is 2.71. The Balaban J connectivity index is 1.72. The van der Waals surface area contributed by atoms with Crippen LogP contribution in [0, 0.1) is 5.82 Å². The molecule has 0 saturated heterocycles. The van der Waals surface area contributed by atoms with Gasteiger partial charge in [-0.25, -0.2) is 4.39 Å². The molecule has 6 heteroatoms. The van der Waals surface area contributed by atoms with Crippen molar-refractivity contribution in [2.45, 2.75) is 39.0 Å². The molecule has 0 bridgehead atoms.